The number of rotatable bonds is 3. The van der Waals surface area contributed by atoms with E-state index in [4.69, 9.17) is 0 Å². The first kappa shape index (κ1) is 12.5. The second-order valence-electron chi connectivity index (χ2n) is 4.87. The van der Waals surface area contributed by atoms with Crippen molar-refractivity contribution in [3.8, 4) is 0 Å². The fourth-order valence-corrected chi connectivity index (χ4v) is 2.26. The van der Waals surface area contributed by atoms with Crippen LogP contribution in [0.2, 0.25) is 0 Å². The van der Waals surface area contributed by atoms with Crippen LogP contribution in [0.4, 0.5) is 0 Å². The highest BCUT2D eigenvalue weighted by Gasteiger charge is 2.15. The molecule has 1 N–H and O–H groups in total. The molecule has 3 aromatic rings. The Morgan fingerprint density at radius 1 is 1.30 bits per heavy atom. The minimum absolute atomic E-state index is 0.0158. The monoisotopic (exact) mass is 268 g/mol. The molecule has 0 radical (unpaired) electrons. The molecular weight excluding hydrogens is 252 g/mol. The maximum absolute atomic E-state index is 12.3. The van der Waals surface area contributed by atoms with Gasteiger partial charge in [-0.15, -0.1) is 0 Å². The van der Waals surface area contributed by atoms with Gasteiger partial charge in [-0.1, -0.05) is 12.1 Å². The lowest BCUT2D eigenvalue weighted by Crippen LogP contribution is -2.28. The Kier molecular flexibility index (Phi) is 3.02. The van der Waals surface area contributed by atoms with Crippen molar-refractivity contribution < 1.29 is 4.79 Å². The zero-order valence-electron chi connectivity index (χ0n) is 11.5. The Hall–Kier alpha value is -2.56. The van der Waals surface area contributed by atoms with Crippen LogP contribution in [-0.4, -0.2) is 32.4 Å². The largest absolute Gasteiger partial charge is 0.347 e. The maximum Gasteiger partial charge on any atom is 0.270 e. The number of hydrogen-bond acceptors (Lipinski definition) is 2. The van der Waals surface area contributed by atoms with Gasteiger partial charge in [-0.05, 0) is 24.3 Å². The van der Waals surface area contributed by atoms with E-state index in [1.165, 1.54) is 0 Å². The molecule has 5 nitrogen and oxygen atoms in total. The molecule has 0 saturated carbocycles. The van der Waals surface area contributed by atoms with Crippen molar-refractivity contribution in [2.24, 2.45) is 7.05 Å². The number of aryl methyl sites for hydroxylation is 1. The Bertz CT molecular complexity index is 723. The molecule has 3 rings (SSSR count). The molecule has 0 aliphatic carbocycles. The molecule has 2 aromatic heterocycles. The van der Waals surface area contributed by atoms with Crippen LogP contribution in [0.1, 0.15) is 16.3 Å². The SMILES string of the molecule is CN(Cc1nc2ccccc2[nH]1)C(=O)c1cccn1C. The molecule has 5 heteroatoms. The fraction of sp³-hybridized carbons (Fsp3) is 0.200. The van der Waals surface area contributed by atoms with E-state index in [2.05, 4.69) is 9.97 Å². The first-order valence-electron chi connectivity index (χ1n) is 6.45. The van der Waals surface area contributed by atoms with Gasteiger partial charge >= 0.3 is 0 Å². The molecule has 0 atom stereocenters. The zero-order valence-corrected chi connectivity index (χ0v) is 11.5. The number of carbonyl (C=O) groups excluding carboxylic acids is 1. The molecule has 2 heterocycles. The minimum Gasteiger partial charge on any atom is -0.347 e. The van der Waals surface area contributed by atoms with E-state index < -0.39 is 0 Å². The number of H-pyrrole nitrogens is 1. The van der Waals surface area contributed by atoms with Gasteiger partial charge in [-0.25, -0.2) is 4.98 Å². The van der Waals surface area contributed by atoms with Gasteiger partial charge in [0, 0.05) is 20.3 Å². The third-order valence-corrected chi connectivity index (χ3v) is 3.33. The van der Waals surface area contributed by atoms with Gasteiger partial charge in [0.05, 0.1) is 17.6 Å². The Morgan fingerprint density at radius 3 is 2.80 bits per heavy atom. The Balaban J connectivity index is 1.80. The molecule has 0 bridgehead atoms. The predicted octanol–water partition coefficient (Wildman–Crippen LogP) is 2.17. The number of carbonyl (C=O) groups is 1. The van der Waals surface area contributed by atoms with Crippen molar-refractivity contribution in [1.29, 1.82) is 0 Å². The van der Waals surface area contributed by atoms with Crippen LogP contribution in [-0.2, 0) is 13.6 Å². The number of amides is 1. The molecule has 1 amide bonds. The van der Waals surface area contributed by atoms with Crippen molar-refractivity contribution in [3.05, 3.63) is 54.1 Å². The average molecular weight is 268 g/mol. The molecule has 102 valence electrons. The van der Waals surface area contributed by atoms with Gasteiger partial charge in [0.25, 0.3) is 5.91 Å². The van der Waals surface area contributed by atoms with Gasteiger partial charge < -0.3 is 14.5 Å². The summed E-state index contributed by atoms with van der Waals surface area (Å²) in [6, 6.07) is 11.5. The van der Waals surface area contributed by atoms with Crippen LogP contribution in [0, 0.1) is 0 Å². The summed E-state index contributed by atoms with van der Waals surface area (Å²) in [6.07, 6.45) is 1.86. The quantitative estimate of drug-likeness (QED) is 0.791. The summed E-state index contributed by atoms with van der Waals surface area (Å²) in [5.41, 5.74) is 2.58. The third-order valence-electron chi connectivity index (χ3n) is 3.33. The van der Waals surface area contributed by atoms with Crippen LogP contribution in [0.3, 0.4) is 0 Å². The topological polar surface area (TPSA) is 53.9 Å². The molecular formula is C15H16N4O. The van der Waals surface area contributed by atoms with Crippen LogP contribution in [0.25, 0.3) is 11.0 Å². The second-order valence-corrected chi connectivity index (χ2v) is 4.87. The first-order valence-corrected chi connectivity index (χ1v) is 6.45. The number of aromatic nitrogens is 3. The van der Waals surface area contributed by atoms with E-state index in [9.17, 15) is 4.79 Å². The van der Waals surface area contributed by atoms with Crippen molar-refractivity contribution in [2.75, 3.05) is 7.05 Å². The molecule has 0 aliphatic rings. The lowest BCUT2D eigenvalue weighted by atomic mass is 10.3. The number of aromatic amines is 1. The zero-order chi connectivity index (χ0) is 14.1. The van der Waals surface area contributed by atoms with Crippen LogP contribution >= 0.6 is 0 Å². The third kappa shape index (κ3) is 2.18. The molecule has 0 saturated heterocycles. The molecule has 0 unspecified atom stereocenters. The van der Waals surface area contributed by atoms with Crippen LogP contribution in [0.5, 0.6) is 0 Å². The molecule has 0 spiro atoms. The number of fused-ring (bicyclic) bond motifs is 1. The highest BCUT2D eigenvalue weighted by atomic mass is 16.2. The number of para-hydroxylation sites is 2. The van der Waals surface area contributed by atoms with Gasteiger partial charge in [-0.2, -0.15) is 0 Å². The first-order chi connectivity index (χ1) is 9.65. The molecule has 20 heavy (non-hydrogen) atoms. The van der Waals surface area contributed by atoms with E-state index in [-0.39, 0.29) is 5.91 Å². The van der Waals surface area contributed by atoms with Crippen molar-refractivity contribution in [3.63, 3.8) is 0 Å². The van der Waals surface area contributed by atoms with Gasteiger partial charge in [-0.3, -0.25) is 4.79 Å². The molecule has 1 aromatic carbocycles. The lowest BCUT2D eigenvalue weighted by Gasteiger charge is -2.16. The average Bonchev–Trinajstić information content (AvgIpc) is 3.03. The number of imidazole rings is 1. The van der Waals surface area contributed by atoms with Crippen molar-refractivity contribution >= 4 is 16.9 Å². The van der Waals surface area contributed by atoms with Gasteiger partial charge in [0.2, 0.25) is 0 Å². The molecule has 0 aliphatic heterocycles. The Morgan fingerprint density at radius 2 is 2.10 bits per heavy atom. The summed E-state index contributed by atoms with van der Waals surface area (Å²) in [6.45, 7) is 0.457. The summed E-state index contributed by atoms with van der Waals surface area (Å²) in [5.74, 6) is 0.772. The van der Waals surface area contributed by atoms with E-state index >= 15 is 0 Å². The number of hydrogen-bond donors (Lipinski definition) is 1. The summed E-state index contributed by atoms with van der Waals surface area (Å²) in [4.78, 5) is 21.7. The lowest BCUT2D eigenvalue weighted by molar-refractivity contribution is 0.0772. The number of benzene rings is 1. The highest BCUT2D eigenvalue weighted by Crippen LogP contribution is 2.12. The van der Waals surface area contributed by atoms with E-state index in [1.54, 1.807) is 11.9 Å². The maximum atomic E-state index is 12.3. The van der Waals surface area contributed by atoms with Gasteiger partial charge in [0.15, 0.2) is 0 Å². The molecule has 0 fully saturated rings. The number of nitrogens with zero attached hydrogens (tertiary/aromatic N) is 3. The van der Waals surface area contributed by atoms with Crippen LogP contribution < -0.4 is 0 Å². The van der Waals surface area contributed by atoms with Crippen LogP contribution in [0.15, 0.2) is 42.6 Å². The summed E-state index contributed by atoms with van der Waals surface area (Å²) in [7, 11) is 3.64. The van der Waals surface area contributed by atoms with Crippen molar-refractivity contribution in [1.82, 2.24) is 19.4 Å². The summed E-state index contributed by atoms with van der Waals surface area (Å²) >= 11 is 0. The minimum atomic E-state index is -0.0158. The van der Waals surface area contributed by atoms with E-state index in [0.717, 1.165) is 16.9 Å². The fourth-order valence-electron chi connectivity index (χ4n) is 2.26. The normalized spacial score (nSPS) is 10.9. The standard InChI is InChI=1S/C15H16N4O/c1-18-9-5-8-13(18)15(20)19(2)10-14-16-11-6-3-4-7-12(11)17-14/h3-9H,10H2,1-2H3,(H,16,17). The number of nitrogens with one attached hydrogen (secondary N) is 1. The Labute approximate surface area is 116 Å². The predicted molar refractivity (Wildman–Crippen MR) is 77.3 cm³/mol. The second kappa shape index (κ2) is 4.85. The van der Waals surface area contributed by atoms with Gasteiger partial charge in [0.1, 0.15) is 11.5 Å². The highest BCUT2D eigenvalue weighted by molar-refractivity contribution is 5.92. The van der Waals surface area contributed by atoms with E-state index in [0.29, 0.717) is 12.2 Å². The summed E-state index contributed by atoms with van der Waals surface area (Å²) < 4.78 is 1.82. The van der Waals surface area contributed by atoms with Crippen molar-refractivity contribution in [2.45, 2.75) is 6.54 Å². The van der Waals surface area contributed by atoms with E-state index in [1.807, 2.05) is 54.2 Å². The summed E-state index contributed by atoms with van der Waals surface area (Å²) in [5, 5.41) is 0. The smallest absolute Gasteiger partial charge is 0.270 e.